The Balaban J connectivity index is 2.30. The van der Waals surface area contributed by atoms with E-state index in [1.165, 1.54) is 0 Å². The quantitative estimate of drug-likeness (QED) is 0.881. The van der Waals surface area contributed by atoms with Gasteiger partial charge in [-0.2, -0.15) is 0 Å². The first-order valence-electron chi connectivity index (χ1n) is 5.77. The Bertz CT molecular complexity index is 505. The molecule has 90 valence electrons. The van der Waals surface area contributed by atoms with Crippen molar-refractivity contribution in [2.45, 2.75) is 26.7 Å². The van der Waals surface area contributed by atoms with Crippen LogP contribution in [-0.2, 0) is 0 Å². The van der Waals surface area contributed by atoms with Crippen molar-refractivity contribution in [1.82, 2.24) is 10.1 Å². The van der Waals surface area contributed by atoms with E-state index in [9.17, 15) is 0 Å². The maximum Gasteiger partial charge on any atom is 0.185 e. The summed E-state index contributed by atoms with van der Waals surface area (Å²) in [6.45, 7) is 6.47. The van der Waals surface area contributed by atoms with E-state index in [-0.39, 0.29) is 0 Å². The summed E-state index contributed by atoms with van der Waals surface area (Å²) < 4.78 is 5.31. The van der Waals surface area contributed by atoms with Crippen molar-refractivity contribution in [3.63, 3.8) is 0 Å². The first-order chi connectivity index (χ1) is 8.08. The third kappa shape index (κ3) is 2.46. The molecular formula is C13H17N3O. The SMILES string of the molecule is CC(C)C(C)c1cc(-c2cccc(N)n2)on1. The zero-order valence-corrected chi connectivity index (χ0v) is 10.3. The minimum atomic E-state index is 0.369. The van der Waals surface area contributed by atoms with E-state index in [1.54, 1.807) is 6.07 Å². The monoisotopic (exact) mass is 231 g/mol. The highest BCUT2D eigenvalue weighted by Crippen LogP contribution is 2.26. The lowest BCUT2D eigenvalue weighted by molar-refractivity contribution is 0.403. The van der Waals surface area contributed by atoms with Crippen LogP contribution in [0.15, 0.2) is 28.8 Å². The Hall–Kier alpha value is -1.84. The molecule has 0 fully saturated rings. The van der Waals surface area contributed by atoms with Gasteiger partial charge >= 0.3 is 0 Å². The lowest BCUT2D eigenvalue weighted by Gasteiger charge is -2.10. The predicted molar refractivity (Wildman–Crippen MR) is 67.4 cm³/mol. The van der Waals surface area contributed by atoms with Crippen molar-refractivity contribution in [2.24, 2.45) is 5.92 Å². The molecule has 0 aliphatic rings. The van der Waals surface area contributed by atoms with Crippen molar-refractivity contribution in [3.05, 3.63) is 30.0 Å². The Kier molecular flexibility index (Phi) is 3.13. The van der Waals surface area contributed by atoms with Crippen LogP contribution in [0.1, 0.15) is 32.4 Å². The summed E-state index contributed by atoms with van der Waals surface area (Å²) in [6, 6.07) is 7.40. The van der Waals surface area contributed by atoms with Crippen LogP contribution in [0.25, 0.3) is 11.5 Å². The van der Waals surface area contributed by atoms with E-state index < -0.39 is 0 Å². The molecule has 2 aromatic rings. The second-order valence-electron chi connectivity index (χ2n) is 4.60. The van der Waals surface area contributed by atoms with Gasteiger partial charge in [0.1, 0.15) is 11.5 Å². The third-order valence-corrected chi connectivity index (χ3v) is 3.02. The van der Waals surface area contributed by atoms with Crippen molar-refractivity contribution >= 4 is 5.82 Å². The van der Waals surface area contributed by atoms with Crippen LogP contribution in [0.2, 0.25) is 0 Å². The summed E-state index contributed by atoms with van der Waals surface area (Å²) in [5.74, 6) is 2.05. The molecule has 0 spiro atoms. The second kappa shape index (κ2) is 4.57. The Morgan fingerprint density at radius 3 is 2.65 bits per heavy atom. The van der Waals surface area contributed by atoms with Crippen LogP contribution in [0.3, 0.4) is 0 Å². The fourth-order valence-corrected chi connectivity index (χ4v) is 1.55. The number of anilines is 1. The minimum Gasteiger partial charge on any atom is -0.384 e. The van der Waals surface area contributed by atoms with Gasteiger partial charge in [-0.1, -0.05) is 32.0 Å². The number of nitrogen functional groups attached to an aromatic ring is 1. The number of rotatable bonds is 3. The molecule has 2 heterocycles. The number of nitrogens with zero attached hydrogens (tertiary/aromatic N) is 2. The maximum absolute atomic E-state index is 5.64. The van der Waals surface area contributed by atoms with E-state index in [0.717, 1.165) is 11.4 Å². The molecule has 0 bridgehead atoms. The zero-order valence-electron chi connectivity index (χ0n) is 10.3. The number of pyridine rings is 1. The minimum absolute atomic E-state index is 0.369. The fourth-order valence-electron chi connectivity index (χ4n) is 1.55. The summed E-state index contributed by atoms with van der Waals surface area (Å²) >= 11 is 0. The van der Waals surface area contributed by atoms with Gasteiger partial charge in [-0.25, -0.2) is 4.98 Å². The second-order valence-corrected chi connectivity index (χ2v) is 4.60. The number of hydrogen-bond acceptors (Lipinski definition) is 4. The van der Waals surface area contributed by atoms with Crippen LogP contribution in [0, 0.1) is 5.92 Å². The van der Waals surface area contributed by atoms with E-state index in [4.69, 9.17) is 10.3 Å². The molecule has 1 unspecified atom stereocenters. The smallest absolute Gasteiger partial charge is 0.185 e. The van der Waals surface area contributed by atoms with Gasteiger partial charge in [-0.3, -0.25) is 0 Å². The molecule has 17 heavy (non-hydrogen) atoms. The summed E-state index contributed by atoms with van der Waals surface area (Å²) in [4.78, 5) is 4.20. The number of aromatic nitrogens is 2. The normalized spacial score (nSPS) is 12.9. The average Bonchev–Trinajstić information content (AvgIpc) is 2.77. The van der Waals surface area contributed by atoms with Crippen LogP contribution in [0.4, 0.5) is 5.82 Å². The molecule has 2 rings (SSSR count). The lowest BCUT2D eigenvalue weighted by atomic mass is 9.94. The molecule has 0 saturated heterocycles. The molecule has 0 amide bonds. The summed E-state index contributed by atoms with van der Waals surface area (Å²) in [7, 11) is 0. The molecule has 4 nitrogen and oxygen atoms in total. The van der Waals surface area contributed by atoms with Crippen LogP contribution < -0.4 is 5.73 Å². The van der Waals surface area contributed by atoms with Gasteiger partial charge in [0, 0.05) is 12.0 Å². The summed E-state index contributed by atoms with van der Waals surface area (Å²) in [5, 5.41) is 4.09. The van der Waals surface area contributed by atoms with Crippen molar-refractivity contribution in [3.8, 4) is 11.5 Å². The molecule has 4 heteroatoms. The van der Waals surface area contributed by atoms with Gasteiger partial charge in [-0.15, -0.1) is 0 Å². The fraction of sp³-hybridized carbons (Fsp3) is 0.385. The summed E-state index contributed by atoms with van der Waals surface area (Å²) in [5.41, 5.74) is 7.32. The van der Waals surface area contributed by atoms with Crippen molar-refractivity contribution in [2.75, 3.05) is 5.73 Å². The largest absolute Gasteiger partial charge is 0.384 e. The number of hydrogen-bond donors (Lipinski definition) is 1. The first kappa shape index (κ1) is 11.6. The molecule has 0 radical (unpaired) electrons. The van der Waals surface area contributed by atoms with Gasteiger partial charge in [0.25, 0.3) is 0 Å². The Labute approximate surface area is 101 Å². The molecule has 2 N–H and O–H groups in total. The van der Waals surface area contributed by atoms with Gasteiger partial charge in [0.05, 0.1) is 5.69 Å². The molecule has 2 aromatic heterocycles. The van der Waals surface area contributed by atoms with Gasteiger partial charge in [0.2, 0.25) is 0 Å². The lowest BCUT2D eigenvalue weighted by Crippen LogP contribution is -2.01. The van der Waals surface area contributed by atoms with Gasteiger partial charge < -0.3 is 10.3 Å². The molecule has 0 aromatic carbocycles. The van der Waals surface area contributed by atoms with E-state index in [0.29, 0.717) is 23.4 Å². The topological polar surface area (TPSA) is 64.9 Å². The summed E-state index contributed by atoms with van der Waals surface area (Å²) in [6.07, 6.45) is 0. The van der Waals surface area contributed by atoms with E-state index in [2.05, 4.69) is 30.9 Å². The predicted octanol–water partition coefficient (Wildman–Crippen LogP) is 3.08. The molecule has 1 atom stereocenters. The van der Waals surface area contributed by atoms with Crippen molar-refractivity contribution < 1.29 is 4.52 Å². The molecule has 0 aliphatic carbocycles. The Morgan fingerprint density at radius 1 is 1.24 bits per heavy atom. The molecule has 0 aliphatic heterocycles. The highest BCUT2D eigenvalue weighted by molar-refractivity contribution is 5.54. The third-order valence-electron chi connectivity index (χ3n) is 3.02. The highest BCUT2D eigenvalue weighted by Gasteiger charge is 2.16. The number of nitrogens with two attached hydrogens (primary N) is 1. The van der Waals surface area contributed by atoms with E-state index >= 15 is 0 Å². The standard InChI is InChI=1S/C13H17N3O/c1-8(2)9(3)11-7-12(17-16-11)10-5-4-6-13(14)15-10/h4-9H,1-3H3,(H2,14,15). The maximum atomic E-state index is 5.64. The first-order valence-corrected chi connectivity index (χ1v) is 5.77. The van der Waals surface area contributed by atoms with Crippen LogP contribution in [-0.4, -0.2) is 10.1 Å². The average molecular weight is 231 g/mol. The highest BCUT2D eigenvalue weighted by atomic mass is 16.5. The van der Waals surface area contributed by atoms with E-state index in [1.807, 2.05) is 18.2 Å². The van der Waals surface area contributed by atoms with Crippen LogP contribution >= 0.6 is 0 Å². The van der Waals surface area contributed by atoms with Gasteiger partial charge in [0.15, 0.2) is 5.76 Å². The zero-order chi connectivity index (χ0) is 12.4. The molecular weight excluding hydrogens is 214 g/mol. The van der Waals surface area contributed by atoms with Crippen LogP contribution in [0.5, 0.6) is 0 Å². The molecule has 0 saturated carbocycles. The van der Waals surface area contributed by atoms with Crippen molar-refractivity contribution in [1.29, 1.82) is 0 Å². The van der Waals surface area contributed by atoms with Gasteiger partial charge in [-0.05, 0) is 18.1 Å². The Morgan fingerprint density at radius 2 is 2.00 bits per heavy atom.